The molecule has 0 N–H and O–H groups in total. The molecule has 5 heterocycles. The second-order valence-corrected chi connectivity index (χ2v) is 27.1. The van der Waals surface area contributed by atoms with E-state index in [0.717, 1.165) is 16.7 Å². The molecule has 103 heavy (non-hydrogen) atoms. The number of para-hydroxylation sites is 3. The van der Waals surface area contributed by atoms with Crippen LogP contribution in [0, 0.1) is 0 Å². The first-order valence-electron chi connectivity index (χ1n) is 30.3. The molecule has 0 atom stereocenters. The topological polar surface area (TPSA) is 169 Å². The maximum absolute atomic E-state index is 12.5. The van der Waals surface area contributed by atoms with Crippen molar-refractivity contribution in [2.75, 3.05) is 7.11 Å². The molecule has 8 bridgehead atoms. The van der Waals surface area contributed by atoms with Crippen LogP contribution in [0.1, 0.15) is 10.4 Å². The van der Waals surface area contributed by atoms with Gasteiger partial charge in [-0.05, 0) is 59.2 Å². The quantitative estimate of drug-likeness (QED) is 0.0643. The van der Waals surface area contributed by atoms with E-state index in [0.29, 0.717) is 33.9 Å². The van der Waals surface area contributed by atoms with E-state index in [1.54, 1.807) is 36.4 Å². The van der Waals surface area contributed by atoms with Gasteiger partial charge in [-0.25, -0.2) is 14.8 Å². The van der Waals surface area contributed by atoms with Crippen molar-refractivity contribution in [1.82, 2.24) is 39.9 Å². The van der Waals surface area contributed by atoms with Gasteiger partial charge < -0.3 is 53.6 Å². The number of aromatic nitrogens is 8. The van der Waals surface area contributed by atoms with Crippen LogP contribution in [0.4, 0.5) is 0 Å². The minimum absolute atomic E-state index is 0. The Morgan fingerprint density at radius 1 is 0.301 bits per heavy atom. The Morgan fingerprint density at radius 3 is 0.922 bits per heavy atom. The number of ether oxygens (including phenoxy) is 5. The van der Waals surface area contributed by atoms with Crippen LogP contribution in [0.3, 0.4) is 0 Å². The Bertz CT molecular complexity index is 5980. The summed E-state index contributed by atoms with van der Waals surface area (Å²) >= 11 is 90.3. The Kier molecular flexibility index (Phi) is 19.5. The van der Waals surface area contributed by atoms with Crippen molar-refractivity contribution in [3.8, 4) is 125 Å². The fourth-order valence-electron chi connectivity index (χ4n) is 12.0. The van der Waals surface area contributed by atoms with Crippen molar-refractivity contribution < 1.29 is 48.0 Å². The molecule has 14 aromatic rings. The molecule has 0 aliphatic carbocycles. The van der Waals surface area contributed by atoms with Crippen LogP contribution in [0.15, 0.2) is 188 Å². The van der Waals surface area contributed by atoms with Crippen LogP contribution >= 0.6 is 139 Å². The largest absolute Gasteiger partial charge is 2.00 e. The molecule has 0 amide bonds. The number of nitrogens with zero attached hydrogens (tertiary/aromatic N) is 8. The minimum Gasteiger partial charge on any atom is -0.465 e. The third kappa shape index (κ3) is 12.3. The van der Waals surface area contributed by atoms with Crippen molar-refractivity contribution in [1.29, 1.82) is 0 Å². The molecule has 0 unspecified atom stereocenters. The average Bonchev–Trinajstić information content (AvgIpc) is 1.59. The summed E-state index contributed by atoms with van der Waals surface area (Å²) < 4.78 is 31.6. The molecule has 0 saturated heterocycles. The molecular weight excluding hydrogens is 1610 g/mol. The summed E-state index contributed by atoms with van der Waals surface area (Å²) in [5.41, 5.74) is 4.20. The molecule has 500 valence electrons. The van der Waals surface area contributed by atoms with Crippen molar-refractivity contribution in [2.45, 2.75) is 0 Å². The third-order valence-electron chi connectivity index (χ3n) is 16.7. The predicted molar refractivity (Wildman–Crippen MR) is 408 cm³/mol. The number of hydrogen-bond acceptors (Lipinski definition) is 12. The molecule has 2 aliphatic heterocycles. The summed E-state index contributed by atoms with van der Waals surface area (Å²) in [6.45, 7) is 0. The van der Waals surface area contributed by atoms with Gasteiger partial charge in [0.05, 0.1) is 76.2 Å². The molecule has 0 radical (unpaired) electrons. The fourth-order valence-corrected chi connectivity index (χ4v) is 15.4. The van der Waals surface area contributed by atoms with Gasteiger partial charge in [-0.15, -0.1) is 0 Å². The molecule has 3 aromatic heterocycles. The maximum atomic E-state index is 12.5. The van der Waals surface area contributed by atoms with Crippen LogP contribution < -0.4 is 28.9 Å². The van der Waals surface area contributed by atoms with Crippen LogP contribution in [-0.4, -0.2) is 43.0 Å². The van der Waals surface area contributed by atoms with Gasteiger partial charge in [0.2, 0.25) is 0 Å². The zero-order valence-electron chi connectivity index (χ0n) is 52.2. The van der Waals surface area contributed by atoms with E-state index in [1.807, 2.05) is 127 Å². The SMILES string of the molecule is COC(=O)c1ccc(Oc2c(Cl)c(Cl)c3c4nc5nc(nc6[n-]c(nc7nc(nc([n-]4)c3c2Cl)-c2c(Cl)c(Cl)c(Oc3ccccc3-c3ccccc3)c(Cl)c2-7)c2c(Cl)c(Cl)c(Oc3ccccc3-c3ccccc3)c(Cl)c62)-c2c(Cl)c(Cl)c(Oc3ccccc3-c3ccccc3)c(Cl)c2-5)cc1.[Zn+2]. The molecule has 0 saturated carbocycles. The predicted octanol–water partition coefficient (Wildman–Crippen LogP) is 25.9. The Balaban J connectivity index is 0.00000856. The van der Waals surface area contributed by atoms with Crippen LogP contribution in [0.5, 0.6) is 46.0 Å². The van der Waals surface area contributed by atoms with E-state index in [-0.39, 0.29) is 204 Å². The Hall–Kier alpha value is -8.45. The number of rotatable bonds is 12. The van der Waals surface area contributed by atoms with Crippen LogP contribution in [0.2, 0.25) is 60.3 Å². The standard InChI is InChI=1S/C76H34Cl12N8O6.Zn/c1-98-76(97)36-29-31-37(32-30-36)99-64-56(81)48-44(52(77)60(64)85)68-89-72(48)90-69-45-49(57(82)65(61(86)53(45)78)100-41-26-14-11-23-38(41)33-17-5-2-6-18-33)74(92-69)94-71-47-51(59(84)67(63(88)55(47)80)102-43-28-16-13-25-40(43)35-21-9-4-10-22-35)75(96-71)95-70-46-50(73(91-68)93-70)58(83)66(62(87)54(46)79)101-42-27-15-12-24-39(42)34-19-7-3-8-20-34;/h2-32H,1H3;/q-2;+2. The van der Waals surface area contributed by atoms with Gasteiger partial charge in [0.25, 0.3) is 0 Å². The molecule has 16 rings (SSSR count). The van der Waals surface area contributed by atoms with Crippen LogP contribution in [-0.2, 0) is 24.2 Å². The molecule has 2 aliphatic rings. The van der Waals surface area contributed by atoms with Gasteiger partial charge in [0, 0.05) is 83.1 Å². The van der Waals surface area contributed by atoms with Gasteiger partial charge >= 0.3 is 25.4 Å². The van der Waals surface area contributed by atoms with Gasteiger partial charge in [0.1, 0.15) is 43.1 Å². The number of fused-ring (bicyclic) bond motifs is 20. The zero-order valence-corrected chi connectivity index (χ0v) is 64.2. The Morgan fingerprint density at radius 2 is 0.583 bits per heavy atom. The van der Waals surface area contributed by atoms with Crippen molar-refractivity contribution in [2.24, 2.45) is 0 Å². The van der Waals surface area contributed by atoms with E-state index in [4.69, 9.17) is 203 Å². The van der Waals surface area contributed by atoms with E-state index >= 15 is 0 Å². The van der Waals surface area contributed by atoms with E-state index < -0.39 is 5.97 Å². The second kappa shape index (κ2) is 28.5. The maximum Gasteiger partial charge on any atom is 2.00 e. The number of carbonyl (C=O) groups excluding carboxylic acids is 1. The summed E-state index contributed by atoms with van der Waals surface area (Å²) in [5.74, 6) is -0.474. The van der Waals surface area contributed by atoms with Crippen molar-refractivity contribution in [3.63, 3.8) is 0 Å². The molecular formula is C76H34Cl12N8O6Zn. The van der Waals surface area contributed by atoms with E-state index in [1.165, 1.54) is 31.4 Å². The van der Waals surface area contributed by atoms with Gasteiger partial charge in [-0.2, -0.15) is 0 Å². The number of benzene rings is 11. The summed E-state index contributed by atoms with van der Waals surface area (Å²) in [6.07, 6.45) is 0. The Labute approximate surface area is 656 Å². The van der Waals surface area contributed by atoms with E-state index in [2.05, 4.69) is 0 Å². The first-order chi connectivity index (χ1) is 49.5. The number of halogens is 12. The molecule has 27 heteroatoms. The van der Waals surface area contributed by atoms with Crippen molar-refractivity contribution >= 4 is 189 Å². The molecule has 0 spiro atoms. The first-order valence-corrected chi connectivity index (χ1v) is 34.9. The number of hydrogen-bond donors (Lipinski definition) is 0. The summed E-state index contributed by atoms with van der Waals surface area (Å²) in [5, 5.41) is -1.65. The molecule has 0 fully saturated rings. The normalized spacial score (nSPS) is 11.5. The average molecular weight is 1650 g/mol. The van der Waals surface area contributed by atoms with Crippen LogP contribution in [0.25, 0.3) is 123 Å². The number of esters is 1. The fraction of sp³-hybridized carbons (Fsp3) is 0.0132. The van der Waals surface area contributed by atoms with E-state index in [9.17, 15) is 4.79 Å². The zero-order chi connectivity index (χ0) is 70.5. The van der Waals surface area contributed by atoms with Gasteiger partial charge in [-0.1, -0.05) is 285 Å². The smallest absolute Gasteiger partial charge is 0.465 e. The number of methoxy groups -OCH3 is 1. The minimum atomic E-state index is -0.585. The second-order valence-electron chi connectivity index (χ2n) is 22.6. The monoisotopic (exact) mass is 1640 g/mol. The van der Waals surface area contributed by atoms with Gasteiger partial charge in [-0.3, -0.25) is 0 Å². The van der Waals surface area contributed by atoms with Crippen molar-refractivity contribution in [3.05, 3.63) is 254 Å². The molecule has 14 nitrogen and oxygen atoms in total. The summed E-state index contributed by atoms with van der Waals surface area (Å²) in [4.78, 5) is 53.4. The van der Waals surface area contributed by atoms with Gasteiger partial charge in [0.15, 0.2) is 23.0 Å². The summed E-state index contributed by atoms with van der Waals surface area (Å²) in [6, 6.07) is 56.5. The number of carbonyl (C=O) groups is 1. The molecule has 11 aromatic carbocycles. The summed E-state index contributed by atoms with van der Waals surface area (Å²) in [7, 11) is 1.26. The third-order valence-corrected chi connectivity index (χ3v) is 21.4. The first kappa shape index (κ1) is 70.2.